The van der Waals surface area contributed by atoms with Crippen LogP contribution in [-0.2, 0) is 18.3 Å². The molecule has 9 heteroatoms. The number of amides is 1. The largest absolute Gasteiger partial charge is 0.390 e. The third-order valence-electron chi connectivity index (χ3n) is 5.22. The number of nitrogens with one attached hydrogen (secondary N) is 2. The summed E-state index contributed by atoms with van der Waals surface area (Å²) in [4.78, 5) is 21.9. The Morgan fingerprint density at radius 2 is 2.07 bits per heavy atom. The Bertz CT molecular complexity index is 1060. The Kier molecular flexibility index (Phi) is 5.48. The van der Waals surface area contributed by atoms with Gasteiger partial charge in [0.1, 0.15) is 11.5 Å². The molecule has 0 spiro atoms. The van der Waals surface area contributed by atoms with Crippen molar-refractivity contribution in [2.45, 2.75) is 38.7 Å². The highest BCUT2D eigenvalue weighted by Gasteiger charge is 2.23. The number of aromatic nitrogens is 5. The van der Waals surface area contributed by atoms with Crippen molar-refractivity contribution in [2.75, 3.05) is 18.4 Å². The summed E-state index contributed by atoms with van der Waals surface area (Å²) in [6, 6.07) is 3.76. The van der Waals surface area contributed by atoms with Crippen molar-refractivity contribution < 1.29 is 9.90 Å². The fraction of sp³-hybridized carbons (Fsp3) is 0.476. The van der Waals surface area contributed by atoms with Gasteiger partial charge in [-0.15, -0.1) is 5.10 Å². The van der Waals surface area contributed by atoms with Crippen molar-refractivity contribution in [2.24, 2.45) is 13.0 Å². The van der Waals surface area contributed by atoms with E-state index in [-0.39, 0.29) is 11.8 Å². The van der Waals surface area contributed by atoms with Gasteiger partial charge in [-0.3, -0.25) is 14.5 Å². The molecule has 1 aliphatic rings. The summed E-state index contributed by atoms with van der Waals surface area (Å²) in [5.41, 5.74) is 1.10. The number of nitrogens with zero attached hydrogens (tertiary/aromatic N) is 5. The molecule has 0 atom stereocenters. The van der Waals surface area contributed by atoms with Crippen molar-refractivity contribution in [3.63, 3.8) is 0 Å². The number of hydrogen-bond acceptors (Lipinski definition) is 7. The number of carbonyl (C=O) groups excluding carboxylic acids is 1. The summed E-state index contributed by atoms with van der Waals surface area (Å²) in [5, 5.41) is 26.4. The molecule has 3 N–H and O–H groups in total. The van der Waals surface area contributed by atoms with E-state index in [2.05, 4.69) is 30.9 Å². The molecule has 4 heterocycles. The van der Waals surface area contributed by atoms with Crippen LogP contribution < -0.4 is 10.6 Å². The van der Waals surface area contributed by atoms with Crippen LogP contribution in [0.3, 0.4) is 0 Å². The fourth-order valence-electron chi connectivity index (χ4n) is 3.74. The number of aliphatic hydroxyl groups is 1. The van der Waals surface area contributed by atoms with Gasteiger partial charge in [0.15, 0.2) is 0 Å². The molecular weight excluding hydrogens is 382 g/mol. The van der Waals surface area contributed by atoms with Gasteiger partial charge in [-0.25, -0.2) is 4.98 Å². The molecule has 30 heavy (non-hydrogen) atoms. The Labute approximate surface area is 174 Å². The Morgan fingerprint density at radius 3 is 2.73 bits per heavy atom. The SMILES string of the molecule is Cn1cc(-c2cc3cc(NC(=O)C4CCNCC4)nc(CC(C)(C)O)c3cn2)nn1. The van der Waals surface area contributed by atoms with Crippen LogP contribution in [0, 0.1) is 5.92 Å². The van der Waals surface area contributed by atoms with Gasteiger partial charge in [0, 0.05) is 31.0 Å². The van der Waals surface area contributed by atoms with E-state index in [9.17, 15) is 9.90 Å². The van der Waals surface area contributed by atoms with Crippen LogP contribution >= 0.6 is 0 Å². The topological polar surface area (TPSA) is 118 Å². The zero-order chi connectivity index (χ0) is 21.3. The molecule has 1 fully saturated rings. The smallest absolute Gasteiger partial charge is 0.228 e. The average Bonchev–Trinajstić information content (AvgIpc) is 3.13. The molecule has 0 unspecified atom stereocenters. The molecule has 158 valence electrons. The molecule has 1 saturated heterocycles. The summed E-state index contributed by atoms with van der Waals surface area (Å²) in [6.45, 7) is 5.17. The third kappa shape index (κ3) is 4.63. The van der Waals surface area contributed by atoms with Crippen LogP contribution in [-0.4, -0.2) is 54.7 Å². The van der Waals surface area contributed by atoms with E-state index in [0.717, 1.165) is 36.7 Å². The highest BCUT2D eigenvalue weighted by molar-refractivity contribution is 5.95. The van der Waals surface area contributed by atoms with Gasteiger partial charge in [0.2, 0.25) is 5.91 Å². The zero-order valence-corrected chi connectivity index (χ0v) is 17.5. The zero-order valence-electron chi connectivity index (χ0n) is 17.5. The molecule has 3 aromatic heterocycles. The predicted molar refractivity (Wildman–Crippen MR) is 114 cm³/mol. The highest BCUT2D eigenvalue weighted by Crippen LogP contribution is 2.27. The molecular formula is C21H27N7O2. The molecule has 4 rings (SSSR count). The van der Waals surface area contributed by atoms with E-state index >= 15 is 0 Å². The lowest BCUT2D eigenvalue weighted by Crippen LogP contribution is -2.34. The van der Waals surface area contributed by atoms with Crippen LogP contribution in [0.1, 0.15) is 32.4 Å². The summed E-state index contributed by atoms with van der Waals surface area (Å²) in [6.07, 6.45) is 5.51. The minimum atomic E-state index is -0.943. The summed E-state index contributed by atoms with van der Waals surface area (Å²) >= 11 is 0. The van der Waals surface area contributed by atoms with Gasteiger partial charge < -0.3 is 15.7 Å². The molecule has 1 amide bonds. The van der Waals surface area contributed by atoms with Crippen LogP contribution in [0.15, 0.2) is 24.5 Å². The summed E-state index contributed by atoms with van der Waals surface area (Å²) in [7, 11) is 1.80. The normalized spacial score (nSPS) is 15.5. The standard InChI is InChI=1S/C21H27N7O2/c1-21(2,30)10-17-15-11-23-16(18-12-28(3)27-26-18)8-14(15)9-19(24-17)25-20(29)13-4-6-22-7-5-13/h8-9,11-13,22,30H,4-7,10H2,1-3H3,(H,24,25,29). The van der Waals surface area contributed by atoms with Crippen molar-refractivity contribution in [1.29, 1.82) is 0 Å². The van der Waals surface area contributed by atoms with E-state index in [1.54, 1.807) is 38.0 Å². The van der Waals surface area contributed by atoms with Gasteiger partial charge >= 0.3 is 0 Å². The Morgan fingerprint density at radius 1 is 1.30 bits per heavy atom. The van der Waals surface area contributed by atoms with Crippen molar-refractivity contribution >= 4 is 22.5 Å². The van der Waals surface area contributed by atoms with E-state index in [1.165, 1.54) is 0 Å². The first kappa shape index (κ1) is 20.4. The van der Waals surface area contributed by atoms with Gasteiger partial charge in [0.25, 0.3) is 0 Å². The molecule has 3 aromatic rings. The van der Waals surface area contributed by atoms with Crippen LogP contribution in [0.4, 0.5) is 5.82 Å². The first-order chi connectivity index (χ1) is 14.3. The maximum Gasteiger partial charge on any atom is 0.228 e. The number of pyridine rings is 2. The van der Waals surface area contributed by atoms with E-state index in [4.69, 9.17) is 0 Å². The van der Waals surface area contributed by atoms with Gasteiger partial charge in [0.05, 0.1) is 23.2 Å². The van der Waals surface area contributed by atoms with Gasteiger partial charge in [-0.05, 0) is 57.3 Å². The first-order valence-electron chi connectivity index (χ1n) is 10.2. The van der Waals surface area contributed by atoms with Gasteiger partial charge in [-0.2, -0.15) is 0 Å². The molecule has 0 radical (unpaired) electrons. The van der Waals surface area contributed by atoms with E-state index in [0.29, 0.717) is 29.3 Å². The Hall–Kier alpha value is -2.91. The molecule has 0 bridgehead atoms. The lowest BCUT2D eigenvalue weighted by atomic mass is 9.97. The van der Waals surface area contributed by atoms with Crippen LogP contribution in [0.5, 0.6) is 0 Å². The maximum absolute atomic E-state index is 12.7. The number of fused-ring (bicyclic) bond motifs is 1. The molecule has 1 aliphatic heterocycles. The minimum absolute atomic E-state index is 0.0132. The average molecular weight is 409 g/mol. The Balaban J connectivity index is 1.72. The number of anilines is 1. The van der Waals surface area contributed by atoms with Gasteiger partial charge in [-0.1, -0.05) is 5.21 Å². The molecule has 0 aliphatic carbocycles. The monoisotopic (exact) mass is 409 g/mol. The predicted octanol–water partition coefficient (Wildman–Crippen LogP) is 1.68. The lowest BCUT2D eigenvalue weighted by molar-refractivity contribution is -0.120. The van der Waals surface area contributed by atoms with E-state index < -0.39 is 5.60 Å². The number of aryl methyl sites for hydroxylation is 1. The maximum atomic E-state index is 12.7. The second-order valence-corrected chi connectivity index (χ2v) is 8.53. The highest BCUT2D eigenvalue weighted by atomic mass is 16.3. The quantitative estimate of drug-likeness (QED) is 0.587. The number of piperidine rings is 1. The number of carbonyl (C=O) groups is 1. The first-order valence-corrected chi connectivity index (χ1v) is 10.2. The molecule has 9 nitrogen and oxygen atoms in total. The number of hydrogen-bond donors (Lipinski definition) is 3. The fourth-order valence-corrected chi connectivity index (χ4v) is 3.74. The summed E-state index contributed by atoms with van der Waals surface area (Å²) in [5.74, 6) is 0.455. The van der Waals surface area contributed by atoms with Crippen LogP contribution in [0.2, 0.25) is 0 Å². The molecule has 0 saturated carbocycles. The summed E-state index contributed by atoms with van der Waals surface area (Å²) < 4.78 is 1.62. The third-order valence-corrected chi connectivity index (χ3v) is 5.22. The number of rotatable bonds is 5. The lowest BCUT2D eigenvalue weighted by Gasteiger charge is -2.22. The van der Waals surface area contributed by atoms with Crippen LogP contribution in [0.25, 0.3) is 22.2 Å². The van der Waals surface area contributed by atoms with Crippen molar-refractivity contribution in [1.82, 2.24) is 30.3 Å². The van der Waals surface area contributed by atoms with Crippen molar-refractivity contribution in [3.05, 3.63) is 30.2 Å². The van der Waals surface area contributed by atoms with E-state index in [1.807, 2.05) is 12.1 Å². The second kappa shape index (κ2) is 8.08. The molecule has 0 aromatic carbocycles. The van der Waals surface area contributed by atoms with Crippen molar-refractivity contribution in [3.8, 4) is 11.4 Å². The second-order valence-electron chi connectivity index (χ2n) is 8.53. The minimum Gasteiger partial charge on any atom is -0.390 e.